The minimum atomic E-state index is -4.12. The average molecular weight is 649 g/mol. The van der Waals surface area contributed by atoms with Gasteiger partial charge in [-0.3, -0.25) is 4.79 Å². The number of fused-ring (bicyclic) bond motifs is 4. The fourth-order valence-corrected chi connectivity index (χ4v) is 8.51. The van der Waals surface area contributed by atoms with Crippen LogP contribution >= 0.6 is 11.6 Å². The number of benzene rings is 1. The predicted molar refractivity (Wildman–Crippen MR) is 163 cm³/mol. The van der Waals surface area contributed by atoms with Gasteiger partial charge < -0.3 is 19.1 Å². The molecule has 3 aliphatic heterocycles. The second-order valence-corrected chi connectivity index (χ2v) is 15.0. The van der Waals surface area contributed by atoms with E-state index in [4.69, 9.17) is 25.8 Å². The van der Waals surface area contributed by atoms with Crippen molar-refractivity contribution in [2.75, 3.05) is 38.3 Å². The van der Waals surface area contributed by atoms with Gasteiger partial charge in [-0.1, -0.05) is 24.6 Å². The normalized spacial score (nSPS) is 33.3. The van der Waals surface area contributed by atoms with Crippen molar-refractivity contribution < 1.29 is 31.8 Å². The molecule has 238 valence electrons. The van der Waals surface area contributed by atoms with E-state index in [1.165, 1.54) is 26.3 Å². The van der Waals surface area contributed by atoms with Crippen LogP contribution < -0.4 is 14.4 Å². The molecule has 6 atom stereocenters. The molecule has 4 aliphatic rings. The number of amides is 1. The van der Waals surface area contributed by atoms with Crippen molar-refractivity contribution in [2.45, 2.75) is 68.8 Å². The number of methoxy groups -OCH3 is 1. The molecule has 1 aliphatic carbocycles. The number of carbonyl (C=O) groups is 1. The zero-order valence-corrected chi connectivity index (χ0v) is 26.7. The molecule has 13 heteroatoms. The van der Waals surface area contributed by atoms with E-state index in [1.807, 2.05) is 17.0 Å². The Kier molecular flexibility index (Phi) is 8.64. The van der Waals surface area contributed by atoms with Crippen LogP contribution in [0.3, 0.4) is 0 Å². The maximum absolute atomic E-state index is 15.7. The highest BCUT2D eigenvalue weighted by Crippen LogP contribution is 2.44. The van der Waals surface area contributed by atoms with Gasteiger partial charge in [0.1, 0.15) is 24.2 Å². The first kappa shape index (κ1) is 31.2. The molecule has 2 aromatic rings. The van der Waals surface area contributed by atoms with Crippen LogP contribution in [0.2, 0.25) is 5.02 Å². The summed E-state index contributed by atoms with van der Waals surface area (Å²) in [6.07, 6.45) is 4.56. The number of aromatic nitrogens is 2. The number of carbonyl (C=O) groups excluding carboxylic acids is 1. The Hall–Kier alpha value is -2.80. The number of hydrogen-bond donors (Lipinski definition) is 1. The summed E-state index contributed by atoms with van der Waals surface area (Å²) in [4.78, 5) is 24.4. The molecule has 1 aromatic carbocycles. The average Bonchev–Trinajstić information content (AvgIpc) is 3.39. The Morgan fingerprint density at radius 2 is 2.09 bits per heavy atom. The third-order valence-electron chi connectivity index (χ3n) is 9.73. The molecular weight excluding hydrogens is 611 g/mol. The Bertz CT molecular complexity index is 1570. The Morgan fingerprint density at radius 3 is 2.89 bits per heavy atom. The summed E-state index contributed by atoms with van der Waals surface area (Å²) in [6, 6.07) is 5.95. The first-order valence-corrected chi connectivity index (χ1v) is 17.0. The zero-order valence-electron chi connectivity index (χ0n) is 25.1. The third kappa shape index (κ3) is 5.81. The summed E-state index contributed by atoms with van der Waals surface area (Å²) in [5.41, 5.74) is 1.73. The lowest BCUT2D eigenvalue weighted by Crippen LogP contribution is -2.48. The molecule has 1 saturated heterocycles. The largest absolute Gasteiger partial charge is 0.474 e. The van der Waals surface area contributed by atoms with Gasteiger partial charge in [-0.05, 0) is 74.3 Å². The number of rotatable bonds is 1. The zero-order chi connectivity index (χ0) is 31.2. The minimum absolute atomic E-state index is 0.132. The van der Waals surface area contributed by atoms with E-state index in [0.29, 0.717) is 43.6 Å². The fraction of sp³-hybridized carbons (Fsp3) is 0.581. The molecule has 1 spiro atoms. The van der Waals surface area contributed by atoms with Gasteiger partial charge in [0.15, 0.2) is 5.82 Å². The molecular formula is C31H38ClFN4O6S. The van der Waals surface area contributed by atoms with Gasteiger partial charge in [-0.2, -0.15) is 0 Å². The van der Waals surface area contributed by atoms with Crippen LogP contribution in [0.4, 0.5) is 10.2 Å². The smallest absolute Gasteiger partial charge is 0.285 e. The summed E-state index contributed by atoms with van der Waals surface area (Å²) in [6.45, 7) is 4.85. The molecule has 44 heavy (non-hydrogen) atoms. The van der Waals surface area contributed by atoms with Gasteiger partial charge in [-0.25, -0.2) is 27.5 Å². The standard InChI is InChI=1S/C31H38ClFN4O6S/c1-18-6-9-24(33)27(41-3)26-21(10-12-42-26)15-37-16-31(11-4-5-20-13-22(32)7-8-23(20)31)17-43-30-28(37)35-25(14-34-30)29(38)36-44(39,40)19(18)2/h7-9,13-14,18-19,21,26-27H,4-6,10-12,15-17H2,1-3H3,(H,36,38)/b24-9-/t18-,19+,21-,26+,27?,31-/m0/s1. The van der Waals surface area contributed by atoms with Gasteiger partial charge in [0.05, 0.1) is 17.6 Å². The van der Waals surface area contributed by atoms with Gasteiger partial charge in [-0.15, -0.1) is 0 Å². The molecule has 1 unspecified atom stereocenters. The molecule has 1 amide bonds. The highest BCUT2D eigenvalue weighted by Gasteiger charge is 2.45. The number of allylic oxidation sites excluding steroid dienone is 1. The monoisotopic (exact) mass is 648 g/mol. The van der Waals surface area contributed by atoms with Crippen LogP contribution in [-0.2, 0) is 31.3 Å². The Balaban J connectivity index is 1.46. The molecule has 6 rings (SSSR count). The molecule has 1 N–H and O–H groups in total. The van der Waals surface area contributed by atoms with E-state index in [0.717, 1.165) is 30.4 Å². The van der Waals surface area contributed by atoms with Gasteiger partial charge in [0.2, 0.25) is 10.0 Å². The van der Waals surface area contributed by atoms with Crippen molar-refractivity contribution in [3.8, 4) is 5.88 Å². The van der Waals surface area contributed by atoms with E-state index >= 15 is 4.39 Å². The first-order valence-electron chi connectivity index (χ1n) is 15.1. The summed E-state index contributed by atoms with van der Waals surface area (Å²) in [5, 5.41) is -0.318. The van der Waals surface area contributed by atoms with Crippen LogP contribution in [0.25, 0.3) is 0 Å². The second-order valence-electron chi connectivity index (χ2n) is 12.5. The number of hydrogen-bond acceptors (Lipinski definition) is 9. The molecule has 10 nitrogen and oxygen atoms in total. The summed E-state index contributed by atoms with van der Waals surface area (Å²) in [5.74, 6) is -1.45. The van der Waals surface area contributed by atoms with Crippen molar-refractivity contribution in [1.82, 2.24) is 14.7 Å². The molecule has 0 radical (unpaired) electrons. The van der Waals surface area contributed by atoms with Crippen molar-refractivity contribution in [1.29, 1.82) is 0 Å². The lowest BCUT2D eigenvalue weighted by Gasteiger charge is -2.41. The number of nitrogens with one attached hydrogen (secondary N) is 1. The Labute approximate surface area is 262 Å². The number of sulfonamides is 1. The van der Waals surface area contributed by atoms with Crippen molar-refractivity contribution in [2.24, 2.45) is 11.8 Å². The lowest BCUT2D eigenvalue weighted by molar-refractivity contribution is -0.0322. The highest BCUT2D eigenvalue weighted by atomic mass is 35.5. The number of nitrogens with zero attached hydrogens (tertiary/aromatic N) is 3. The minimum Gasteiger partial charge on any atom is -0.474 e. The van der Waals surface area contributed by atoms with Crippen molar-refractivity contribution >= 4 is 33.3 Å². The van der Waals surface area contributed by atoms with Gasteiger partial charge in [0.25, 0.3) is 11.8 Å². The number of aryl methyl sites for hydroxylation is 1. The number of halogens is 2. The van der Waals surface area contributed by atoms with Crippen molar-refractivity contribution in [3.05, 3.63) is 58.1 Å². The lowest BCUT2D eigenvalue weighted by atomic mass is 9.70. The molecule has 0 saturated carbocycles. The van der Waals surface area contributed by atoms with E-state index in [1.54, 1.807) is 6.92 Å². The van der Waals surface area contributed by atoms with E-state index < -0.39 is 50.5 Å². The topological polar surface area (TPSA) is 120 Å². The maximum Gasteiger partial charge on any atom is 0.285 e. The van der Waals surface area contributed by atoms with Crippen molar-refractivity contribution in [3.63, 3.8) is 0 Å². The van der Waals surface area contributed by atoms with Gasteiger partial charge >= 0.3 is 0 Å². The van der Waals surface area contributed by atoms with E-state index in [-0.39, 0.29) is 23.9 Å². The molecule has 1 aromatic heterocycles. The summed E-state index contributed by atoms with van der Waals surface area (Å²) < 4.78 is 62.3. The maximum atomic E-state index is 15.7. The first-order chi connectivity index (χ1) is 21.0. The highest BCUT2D eigenvalue weighted by molar-refractivity contribution is 7.90. The second kappa shape index (κ2) is 12.2. The predicted octanol–water partition coefficient (Wildman–Crippen LogP) is 4.36. The van der Waals surface area contributed by atoms with E-state index in [2.05, 4.69) is 20.8 Å². The molecule has 2 bridgehead atoms. The van der Waals surface area contributed by atoms with Crippen LogP contribution in [0.5, 0.6) is 5.88 Å². The number of ether oxygens (including phenoxy) is 3. The molecule has 4 heterocycles. The van der Waals surface area contributed by atoms with E-state index in [9.17, 15) is 13.2 Å². The number of anilines is 1. The third-order valence-corrected chi connectivity index (χ3v) is 11.9. The van der Waals surface area contributed by atoms with Gasteiger partial charge in [0, 0.05) is 43.2 Å². The van der Waals surface area contributed by atoms with Crippen LogP contribution in [0.1, 0.15) is 61.1 Å². The fourth-order valence-electron chi connectivity index (χ4n) is 7.04. The quantitative estimate of drug-likeness (QED) is 0.481. The SMILES string of the molecule is COC1/C(F)=C/C[C@H](C)[C@@H](C)S(=O)(=O)NC(=O)c2cnc3c(n2)N(C[C@@H]2CCO[C@@H]12)C[C@@]1(CCCc2cc(Cl)ccc21)CO3. The van der Waals surface area contributed by atoms with Crippen LogP contribution in [0, 0.1) is 11.8 Å². The summed E-state index contributed by atoms with van der Waals surface area (Å²) >= 11 is 6.37. The molecule has 1 fully saturated rings. The van der Waals surface area contributed by atoms with Crippen LogP contribution in [-0.4, -0.2) is 75.2 Å². The van der Waals surface area contributed by atoms with Crippen LogP contribution in [0.15, 0.2) is 36.3 Å². The summed E-state index contributed by atoms with van der Waals surface area (Å²) in [7, 11) is -2.67. The Morgan fingerprint density at radius 1 is 1.27 bits per heavy atom.